The first kappa shape index (κ1) is 18.3. The van der Waals surface area contributed by atoms with E-state index in [4.69, 9.17) is 32.5 Å². The molecule has 1 heterocycles. The second-order valence-electron chi connectivity index (χ2n) is 5.12. The van der Waals surface area contributed by atoms with E-state index < -0.39 is 18.0 Å². The predicted octanol–water partition coefficient (Wildman–Crippen LogP) is 3.79. The highest BCUT2D eigenvalue weighted by Crippen LogP contribution is 2.23. The third-order valence-corrected chi connectivity index (χ3v) is 3.89. The molecule has 0 aliphatic heterocycles. The van der Waals surface area contributed by atoms with E-state index in [1.165, 1.54) is 0 Å². The van der Waals surface area contributed by atoms with Gasteiger partial charge in [-0.3, -0.25) is 9.59 Å². The summed E-state index contributed by atoms with van der Waals surface area (Å²) in [5.41, 5.74) is 0.650. The second kappa shape index (κ2) is 8.17. The zero-order chi connectivity index (χ0) is 17.7. The molecule has 1 N–H and O–H groups in total. The molecule has 1 aromatic carbocycles. The van der Waals surface area contributed by atoms with E-state index in [1.54, 1.807) is 38.1 Å². The van der Waals surface area contributed by atoms with Crippen molar-refractivity contribution in [3.8, 4) is 0 Å². The first-order valence-corrected chi connectivity index (χ1v) is 8.02. The number of esters is 1. The van der Waals surface area contributed by atoms with Gasteiger partial charge in [0.05, 0.1) is 16.5 Å². The molecule has 1 amide bonds. The summed E-state index contributed by atoms with van der Waals surface area (Å²) in [6, 6.07) is 6.44. The summed E-state index contributed by atoms with van der Waals surface area (Å²) >= 11 is 11.7. The van der Waals surface area contributed by atoms with Crippen LogP contribution in [0.25, 0.3) is 0 Å². The lowest BCUT2D eigenvalue weighted by molar-refractivity contribution is -0.153. The minimum Gasteiger partial charge on any atom is -0.452 e. The predicted molar refractivity (Wildman–Crippen MR) is 90.2 cm³/mol. The molecule has 0 fully saturated rings. The third-order valence-electron chi connectivity index (χ3n) is 3.15. The van der Waals surface area contributed by atoms with Crippen LogP contribution in [0.2, 0.25) is 10.0 Å². The van der Waals surface area contributed by atoms with Gasteiger partial charge in [-0.05, 0) is 31.0 Å². The lowest BCUT2D eigenvalue weighted by atomic mass is 10.1. The maximum Gasteiger partial charge on any atom is 0.311 e. The first-order valence-electron chi connectivity index (χ1n) is 7.26. The molecule has 8 heteroatoms. The highest BCUT2D eigenvalue weighted by Gasteiger charge is 2.22. The maximum atomic E-state index is 12.1. The molecule has 0 saturated carbocycles. The molecule has 128 valence electrons. The van der Waals surface area contributed by atoms with Crippen molar-refractivity contribution in [2.75, 3.05) is 5.32 Å². The number of benzene rings is 1. The number of hydrogen-bond acceptors (Lipinski definition) is 5. The van der Waals surface area contributed by atoms with Crippen LogP contribution in [0.5, 0.6) is 0 Å². The largest absolute Gasteiger partial charge is 0.452 e. The van der Waals surface area contributed by atoms with E-state index in [9.17, 15) is 9.59 Å². The van der Waals surface area contributed by atoms with Crippen LogP contribution in [-0.4, -0.2) is 23.1 Å². The molecule has 2 rings (SSSR count). The Morgan fingerprint density at radius 2 is 2.04 bits per heavy atom. The minimum absolute atomic E-state index is 0.0102. The Morgan fingerprint density at radius 1 is 1.29 bits per heavy atom. The number of nitrogens with one attached hydrogen (secondary N) is 1. The monoisotopic (exact) mass is 370 g/mol. The normalized spacial score (nSPS) is 11.8. The summed E-state index contributed by atoms with van der Waals surface area (Å²) in [6.45, 7) is 3.45. The van der Waals surface area contributed by atoms with Crippen molar-refractivity contribution in [2.45, 2.75) is 32.8 Å². The third kappa shape index (κ3) is 4.97. The molecule has 0 spiro atoms. The molecule has 24 heavy (non-hydrogen) atoms. The molecular weight excluding hydrogens is 355 g/mol. The van der Waals surface area contributed by atoms with E-state index >= 15 is 0 Å². The first-order chi connectivity index (χ1) is 11.4. The van der Waals surface area contributed by atoms with E-state index in [2.05, 4.69) is 10.5 Å². The number of aryl methyl sites for hydroxylation is 1. The number of aromatic nitrogens is 1. The standard InChI is InChI=1S/C16H16Cl2N2O4/c1-3-13(16(22)19-14-6-9(2)24-20-14)23-15(21)8-10-4-5-11(17)12(18)7-10/h4-7,13H,3,8H2,1-2H3,(H,19,20,22). The fourth-order valence-corrected chi connectivity index (χ4v) is 2.29. The summed E-state index contributed by atoms with van der Waals surface area (Å²) in [5, 5.41) is 6.96. The number of rotatable bonds is 6. The van der Waals surface area contributed by atoms with E-state index in [1.807, 2.05) is 0 Å². The Bertz CT molecular complexity index is 745. The summed E-state index contributed by atoms with van der Waals surface area (Å²) in [4.78, 5) is 24.2. The quantitative estimate of drug-likeness (QED) is 0.782. The molecule has 0 saturated heterocycles. The fraction of sp³-hybridized carbons (Fsp3) is 0.312. The van der Waals surface area contributed by atoms with Crippen molar-refractivity contribution in [3.63, 3.8) is 0 Å². The SMILES string of the molecule is CCC(OC(=O)Cc1ccc(Cl)c(Cl)c1)C(=O)Nc1cc(C)on1. The van der Waals surface area contributed by atoms with Gasteiger partial charge in [-0.1, -0.05) is 41.3 Å². The van der Waals surface area contributed by atoms with Gasteiger partial charge >= 0.3 is 5.97 Å². The topological polar surface area (TPSA) is 81.4 Å². The smallest absolute Gasteiger partial charge is 0.311 e. The molecule has 6 nitrogen and oxygen atoms in total. The average Bonchev–Trinajstić information content (AvgIpc) is 2.93. The maximum absolute atomic E-state index is 12.1. The van der Waals surface area contributed by atoms with Crippen molar-refractivity contribution in [1.82, 2.24) is 5.16 Å². The summed E-state index contributed by atoms with van der Waals surface area (Å²) < 4.78 is 10.1. The number of carbonyl (C=O) groups is 2. The van der Waals surface area contributed by atoms with Crippen LogP contribution in [0.15, 0.2) is 28.8 Å². The number of amides is 1. The molecule has 0 aliphatic carbocycles. The lowest BCUT2D eigenvalue weighted by Crippen LogP contribution is -2.32. The number of anilines is 1. The van der Waals surface area contributed by atoms with Crippen LogP contribution in [-0.2, 0) is 20.7 Å². The van der Waals surface area contributed by atoms with Gasteiger partial charge in [0, 0.05) is 6.07 Å². The van der Waals surface area contributed by atoms with Gasteiger partial charge < -0.3 is 14.6 Å². The number of nitrogens with zero attached hydrogens (tertiary/aromatic N) is 1. The highest BCUT2D eigenvalue weighted by molar-refractivity contribution is 6.42. The van der Waals surface area contributed by atoms with E-state index in [0.29, 0.717) is 27.8 Å². The molecule has 0 aliphatic rings. The second-order valence-corrected chi connectivity index (χ2v) is 5.94. The van der Waals surface area contributed by atoms with Crippen molar-refractivity contribution in [2.24, 2.45) is 0 Å². The fourth-order valence-electron chi connectivity index (χ4n) is 1.97. The number of ether oxygens (including phenoxy) is 1. The molecular formula is C16H16Cl2N2O4. The van der Waals surface area contributed by atoms with Crippen LogP contribution in [0, 0.1) is 6.92 Å². The van der Waals surface area contributed by atoms with Gasteiger partial charge in [0.1, 0.15) is 5.76 Å². The Balaban J connectivity index is 1.94. The summed E-state index contributed by atoms with van der Waals surface area (Å²) in [6.07, 6.45) is -0.600. The van der Waals surface area contributed by atoms with Crippen LogP contribution >= 0.6 is 23.2 Å². The van der Waals surface area contributed by atoms with Crippen molar-refractivity contribution in [3.05, 3.63) is 45.6 Å². The Hall–Kier alpha value is -2.05. The van der Waals surface area contributed by atoms with Crippen LogP contribution in [0.3, 0.4) is 0 Å². The Kier molecular flexibility index (Phi) is 6.23. The zero-order valence-corrected chi connectivity index (χ0v) is 14.6. The number of carbonyl (C=O) groups excluding carboxylic acids is 2. The number of halogens is 2. The van der Waals surface area contributed by atoms with Gasteiger partial charge in [0.2, 0.25) is 0 Å². The average molecular weight is 371 g/mol. The molecule has 0 radical (unpaired) electrons. The summed E-state index contributed by atoms with van der Waals surface area (Å²) in [5.74, 6) is -0.161. The van der Waals surface area contributed by atoms with Crippen LogP contribution < -0.4 is 5.32 Å². The zero-order valence-electron chi connectivity index (χ0n) is 13.1. The van der Waals surface area contributed by atoms with Crippen molar-refractivity contribution in [1.29, 1.82) is 0 Å². The lowest BCUT2D eigenvalue weighted by Gasteiger charge is -2.15. The Morgan fingerprint density at radius 3 is 2.62 bits per heavy atom. The van der Waals surface area contributed by atoms with E-state index in [-0.39, 0.29) is 12.2 Å². The molecule has 2 aromatic rings. The van der Waals surface area contributed by atoms with E-state index in [0.717, 1.165) is 0 Å². The van der Waals surface area contributed by atoms with Gasteiger partial charge in [0.15, 0.2) is 11.9 Å². The molecule has 1 atom stereocenters. The van der Waals surface area contributed by atoms with Gasteiger partial charge in [-0.2, -0.15) is 0 Å². The van der Waals surface area contributed by atoms with Gasteiger partial charge in [0.25, 0.3) is 5.91 Å². The van der Waals surface area contributed by atoms with Crippen molar-refractivity contribution >= 4 is 40.9 Å². The molecule has 0 bridgehead atoms. The highest BCUT2D eigenvalue weighted by atomic mass is 35.5. The number of hydrogen-bond donors (Lipinski definition) is 1. The summed E-state index contributed by atoms with van der Waals surface area (Å²) in [7, 11) is 0. The Labute approximate surface area is 149 Å². The molecule has 1 aromatic heterocycles. The minimum atomic E-state index is -0.919. The van der Waals surface area contributed by atoms with Gasteiger partial charge in [-0.25, -0.2) is 0 Å². The van der Waals surface area contributed by atoms with Gasteiger partial charge in [-0.15, -0.1) is 0 Å². The van der Waals surface area contributed by atoms with Crippen molar-refractivity contribution < 1.29 is 18.8 Å². The van der Waals surface area contributed by atoms with Crippen LogP contribution in [0.1, 0.15) is 24.7 Å². The van der Waals surface area contributed by atoms with Crippen LogP contribution in [0.4, 0.5) is 5.82 Å². The molecule has 1 unspecified atom stereocenters.